The number of hydrogen-bond donors (Lipinski definition) is 4. The van der Waals surface area contributed by atoms with Gasteiger partial charge in [-0.3, -0.25) is 0 Å². The van der Waals surface area contributed by atoms with Gasteiger partial charge in [0.1, 0.15) is 0 Å². The summed E-state index contributed by atoms with van der Waals surface area (Å²) in [6.45, 7) is 3.37. The summed E-state index contributed by atoms with van der Waals surface area (Å²) in [6, 6.07) is 0. The molecule has 0 aliphatic rings. The molecule has 0 atom stereocenters. The van der Waals surface area contributed by atoms with E-state index in [-0.39, 0.29) is 6.15 Å². The molecule has 0 heterocycles. The van der Waals surface area contributed by atoms with Gasteiger partial charge < -0.3 is 22.9 Å². The third kappa shape index (κ3) is 11.4. The Balaban J connectivity index is 0. The largest absolute Gasteiger partial charge is 0.344 e. The van der Waals surface area contributed by atoms with Crippen molar-refractivity contribution in [2.24, 2.45) is 11.5 Å². The third-order valence-electron chi connectivity index (χ3n) is 0.879. The zero-order valence-electron chi connectivity index (χ0n) is 5.90. The summed E-state index contributed by atoms with van der Waals surface area (Å²) in [5.74, 6) is 0. The zero-order chi connectivity index (χ0) is 6.24. The molecule has 0 aromatic heterocycles. The van der Waals surface area contributed by atoms with Gasteiger partial charge in [0, 0.05) is 13.1 Å². The highest BCUT2D eigenvalue weighted by Crippen LogP contribution is 1.66. The Labute approximate surface area is 56.6 Å². The van der Waals surface area contributed by atoms with Crippen molar-refractivity contribution in [3.63, 3.8) is 0 Å². The zero-order valence-corrected chi connectivity index (χ0v) is 5.90. The molecule has 0 aromatic rings. The van der Waals surface area contributed by atoms with E-state index in [9.17, 15) is 0 Å². The van der Waals surface area contributed by atoms with Crippen LogP contribution in [0.2, 0.25) is 0 Å². The fourth-order valence-corrected chi connectivity index (χ4v) is 0.454. The Hall–Kier alpha value is -0.160. The third-order valence-corrected chi connectivity index (χ3v) is 0.879. The van der Waals surface area contributed by atoms with E-state index >= 15 is 0 Å². The van der Waals surface area contributed by atoms with Gasteiger partial charge in [-0.1, -0.05) is 0 Å². The maximum absolute atomic E-state index is 5.24. The maximum atomic E-state index is 5.24. The minimum absolute atomic E-state index is 0. The molecule has 0 aliphatic carbocycles. The Morgan fingerprint density at radius 3 is 2.11 bits per heavy atom. The minimum Gasteiger partial charge on any atom is -0.344 e. The second-order valence-electron chi connectivity index (χ2n) is 1.68. The van der Waals surface area contributed by atoms with Crippen LogP contribution < -0.4 is 22.9 Å². The average Bonchev–Trinajstić information content (AvgIpc) is 1.81. The van der Waals surface area contributed by atoms with E-state index in [2.05, 4.69) is 5.32 Å². The van der Waals surface area contributed by atoms with Crippen LogP contribution in [-0.2, 0) is 0 Å². The van der Waals surface area contributed by atoms with Gasteiger partial charge in [0.15, 0.2) is 0 Å². The molecular weight excluding hydrogens is 116 g/mol. The average molecular weight is 134 g/mol. The Morgan fingerprint density at radius 1 is 1.00 bits per heavy atom. The van der Waals surface area contributed by atoms with Gasteiger partial charge >= 0.3 is 0 Å². The summed E-state index contributed by atoms with van der Waals surface area (Å²) in [4.78, 5) is 0. The Morgan fingerprint density at radius 2 is 1.67 bits per heavy atom. The Kier molecular flexibility index (Phi) is 13.9. The standard InChI is InChI=1S/C5H15N3.H3N/c6-2-1-4-8-5-3-7;/h8H,1-7H2;1H3. The lowest BCUT2D eigenvalue weighted by molar-refractivity contribution is 0.659. The number of rotatable bonds is 5. The summed E-state index contributed by atoms with van der Waals surface area (Å²) in [5, 5.41) is 3.13. The SMILES string of the molecule is N.NCCCNCCN. The molecule has 4 heteroatoms. The van der Waals surface area contributed by atoms with Crippen molar-refractivity contribution in [3.05, 3.63) is 0 Å². The summed E-state index contributed by atoms with van der Waals surface area (Å²) < 4.78 is 0. The smallest absolute Gasteiger partial charge is 0.00745 e. The van der Waals surface area contributed by atoms with Gasteiger partial charge in [0.2, 0.25) is 0 Å². The van der Waals surface area contributed by atoms with Crippen LogP contribution in [0.15, 0.2) is 0 Å². The van der Waals surface area contributed by atoms with Crippen molar-refractivity contribution < 1.29 is 0 Å². The van der Waals surface area contributed by atoms with Crippen molar-refractivity contribution in [3.8, 4) is 0 Å². The number of hydrogen-bond acceptors (Lipinski definition) is 4. The monoisotopic (exact) mass is 134 g/mol. The molecule has 0 unspecified atom stereocenters. The van der Waals surface area contributed by atoms with E-state index in [1.807, 2.05) is 0 Å². The molecule has 0 fully saturated rings. The van der Waals surface area contributed by atoms with Crippen molar-refractivity contribution in [2.45, 2.75) is 6.42 Å². The molecule has 0 aliphatic heterocycles. The summed E-state index contributed by atoms with van der Waals surface area (Å²) in [7, 11) is 0. The maximum Gasteiger partial charge on any atom is 0.00745 e. The molecule has 58 valence electrons. The fourth-order valence-electron chi connectivity index (χ4n) is 0.454. The fraction of sp³-hybridized carbons (Fsp3) is 1.00. The van der Waals surface area contributed by atoms with E-state index in [0.717, 1.165) is 26.1 Å². The van der Waals surface area contributed by atoms with Crippen LogP contribution in [0.1, 0.15) is 6.42 Å². The first-order valence-electron chi connectivity index (χ1n) is 3.02. The van der Waals surface area contributed by atoms with Gasteiger partial charge in [-0.05, 0) is 19.5 Å². The second kappa shape index (κ2) is 10.8. The van der Waals surface area contributed by atoms with Crippen molar-refractivity contribution in [1.29, 1.82) is 0 Å². The highest BCUT2D eigenvalue weighted by atomic mass is 14.9. The molecule has 0 aromatic carbocycles. The first-order chi connectivity index (χ1) is 3.91. The number of nitrogens with one attached hydrogen (secondary N) is 1. The molecule has 4 nitrogen and oxygen atoms in total. The summed E-state index contributed by atoms with van der Waals surface area (Å²) in [5.41, 5.74) is 10.5. The topological polar surface area (TPSA) is 99.1 Å². The first kappa shape index (κ1) is 11.6. The van der Waals surface area contributed by atoms with Crippen LogP contribution in [-0.4, -0.2) is 26.2 Å². The first-order valence-corrected chi connectivity index (χ1v) is 3.02. The van der Waals surface area contributed by atoms with Crippen LogP contribution >= 0.6 is 0 Å². The van der Waals surface area contributed by atoms with E-state index in [1.54, 1.807) is 0 Å². The lowest BCUT2D eigenvalue weighted by atomic mass is 10.4. The van der Waals surface area contributed by atoms with Gasteiger partial charge in [-0.15, -0.1) is 0 Å². The predicted molar refractivity (Wildman–Crippen MR) is 40.6 cm³/mol. The van der Waals surface area contributed by atoms with Gasteiger partial charge in [0.25, 0.3) is 0 Å². The van der Waals surface area contributed by atoms with E-state index in [1.165, 1.54) is 0 Å². The Bertz CT molecular complexity index is 33.9. The van der Waals surface area contributed by atoms with E-state index in [0.29, 0.717) is 6.54 Å². The van der Waals surface area contributed by atoms with Gasteiger partial charge in [-0.25, -0.2) is 0 Å². The second-order valence-corrected chi connectivity index (χ2v) is 1.68. The predicted octanol–water partition coefficient (Wildman–Crippen LogP) is -0.954. The van der Waals surface area contributed by atoms with Crippen LogP contribution in [0, 0.1) is 0 Å². The van der Waals surface area contributed by atoms with Crippen LogP contribution in [0.5, 0.6) is 0 Å². The van der Waals surface area contributed by atoms with Crippen LogP contribution in [0.3, 0.4) is 0 Å². The molecular formula is C5H18N4. The molecule has 0 rings (SSSR count). The molecule has 9 heavy (non-hydrogen) atoms. The minimum atomic E-state index is 0. The number of nitrogens with two attached hydrogens (primary N) is 2. The summed E-state index contributed by atoms with van der Waals surface area (Å²) in [6.07, 6.45) is 1.04. The van der Waals surface area contributed by atoms with E-state index in [4.69, 9.17) is 11.5 Å². The lowest BCUT2D eigenvalue weighted by Crippen LogP contribution is -2.24. The lowest BCUT2D eigenvalue weighted by Gasteiger charge is -1.98. The highest BCUT2D eigenvalue weighted by molar-refractivity contribution is 4.46. The highest BCUT2D eigenvalue weighted by Gasteiger charge is 1.80. The van der Waals surface area contributed by atoms with Crippen molar-refractivity contribution in [2.75, 3.05) is 26.2 Å². The van der Waals surface area contributed by atoms with E-state index < -0.39 is 0 Å². The molecule has 0 bridgehead atoms. The molecule has 0 saturated heterocycles. The normalized spacial score (nSPS) is 8.67. The van der Waals surface area contributed by atoms with Crippen molar-refractivity contribution >= 4 is 0 Å². The molecule has 0 spiro atoms. The van der Waals surface area contributed by atoms with Crippen LogP contribution in [0.25, 0.3) is 0 Å². The van der Waals surface area contributed by atoms with Crippen LogP contribution in [0.4, 0.5) is 0 Å². The molecule has 0 radical (unpaired) electrons. The van der Waals surface area contributed by atoms with Gasteiger partial charge in [0.05, 0.1) is 0 Å². The van der Waals surface area contributed by atoms with Crippen molar-refractivity contribution in [1.82, 2.24) is 11.5 Å². The van der Waals surface area contributed by atoms with Gasteiger partial charge in [-0.2, -0.15) is 0 Å². The quantitative estimate of drug-likeness (QED) is 0.364. The molecule has 0 saturated carbocycles. The molecule has 0 amide bonds. The summed E-state index contributed by atoms with van der Waals surface area (Å²) >= 11 is 0. The molecule has 8 N–H and O–H groups in total.